The molecule has 0 fully saturated rings. The van der Waals surface area contributed by atoms with Crippen LogP contribution in [0.15, 0.2) is 51.4 Å². The monoisotopic (exact) mass is 319 g/mol. The molecular weight excluding hydrogens is 302 g/mol. The van der Waals surface area contributed by atoms with Crippen LogP contribution in [0.25, 0.3) is 17.4 Å². The smallest absolute Gasteiger partial charge is 0.134 e. The van der Waals surface area contributed by atoms with Crippen LogP contribution in [0.5, 0.6) is 0 Å². The molecule has 2 aromatic rings. The second-order valence-electron chi connectivity index (χ2n) is 4.41. The van der Waals surface area contributed by atoms with Crippen LogP contribution in [0, 0.1) is 0 Å². The third-order valence-corrected chi connectivity index (χ3v) is 3.36. The average Bonchev–Trinajstić information content (AvgIpc) is 2.86. The van der Waals surface area contributed by atoms with Crippen molar-refractivity contribution in [2.75, 3.05) is 6.54 Å². The Morgan fingerprint density at radius 1 is 1.21 bits per heavy atom. The lowest BCUT2D eigenvalue weighted by molar-refractivity contribution is 0.570. The Labute approximate surface area is 122 Å². The van der Waals surface area contributed by atoms with E-state index in [1.165, 1.54) is 0 Å². The maximum Gasteiger partial charge on any atom is 0.134 e. The van der Waals surface area contributed by atoms with Gasteiger partial charge in [0.05, 0.1) is 0 Å². The van der Waals surface area contributed by atoms with Gasteiger partial charge < -0.3 is 9.73 Å². The lowest BCUT2D eigenvalue weighted by Gasteiger charge is -2.04. The van der Waals surface area contributed by atoms with E-state index in [-0.39, 0.29) is 0 Å². The number of likely N-dealkylation sites (N-methyl/N-ethyl adjacent to an activating group) is 1. The number of rotatable bonds is 5. The molecule has 0 aliphatic rings. The molecule has 1 heterocycles. The normalized spacial score (nSPS) is 13.0. The quantitative estimate of drug-likeness (QED) is 0.862. The largest absolute Gasteiger partial charge is 0.457 e. The van der Waals surface area contributed by atoms with Gasteiger partial charge in [0.15, 0.2) is 0 Å². The summed E-state index contributed by atoms with van der Waals surface area (Å²) in [6, 6.07) is 12.5. The van der Waals surface area contributed by atoms with Crippen LogP contribution in [-0.2, 0) is 0 Å². The van der Waals surface area contributed by atoms with Gasteiger partial charge in [0, 0.05) is 16.1 Å². The van der Waals surface area contributed by atoms with Gasteiger partial charge in [-0.1, -0.05) is 41.1 Å². The molecule has 0 spiro atoms. The predicted octanol–water partition coefficient (Wildman–Crippen LogP) is 4.72. The van der Waals surface area contributed by atoms with Crippen LogP contribution in [0.3, 0.4) is 0 Å². The minimum absolute atomic E-state index is 0.353. The summed E-state index contributed by atoms with van der Waals surface area (Å²) in [7, 11) is 0. The summed E-state index contributed by atoms with van der Waals surface area (Å²) in [6.45, 7) is 5.19. The SMILES string of the molecule is CCNC(C)/C=C/c1ccc(-c2ccc(Br)cc2)o1. The molecule has 2 nitrogen and oxygen atoms in total. The van der Waals surface area contributed by atoms with Gasteiger partial charge in [-0.3, -0.25) is 0 Å². The number of halogens is 1. The van der Waals surface area contributed by atoms with E-state index in [9.17, 15) is 0 Å². The first-order valence-electron chi connectivity index (χ1n) is 6.46. The highest BCUT2D eigenvalue weighted by molar-refractivity contribution is 9.10. The van der Waals surface area contributed by atoms with E-state index in [4.69, 9.17) is 4.42 Å². The fraction of sp³-hybridized carbons (Fsp3) is 0.250. The van der Waals surface area contributed by atoms with Crippen molar-refractivity contribution in [2.24, 2.45) is 0 Å². The lowest BCUT2D eigenvalue weighted by atomic mass is 10.2. The van der Waals surface area contributed by atoms with E-state index < -0.39 is 0 Å². The fourth-order valence-corrected chi connectivity index (χ4v) is 2.11. The number of nitrogens with one attached hydrogen (secondary N) is 1. The Morgan fingerprint density at radius 3 is 2.63 bits per heavy atom. The Kier molecular flexibility index (Phi) is 5.00. The van der Waals surface area contributed by atoms with Crippen LogP contribution in [0.4, 0.5) is 0 Å². The van der Waals surface area contributed by atoms with Crippen molar-refractivity contribution in [1.82, 2.24) is 5.32 Å². The van der Waals surface area contributed by atoms with E-state index in [0.29, 0.717) is 6.04 Å². The molecular formula is C16H18BrNO. The molecule has 0 radical (unpaired) electrons. The second-order valence-corrected chi connectivity index (χ2v) is 5.33. The van der Waals surface area contributed by atoms with Crippen LogP contribution >= 0.6 is 15.9 Å². The number of furan rings is 1. The zero-order chi connectivity index (χ0) is 13.7. The molecule has 1 aromatic heterocycles. The van der Waals surface area contributed by atoms with Crippen LogP contribution in [-0.4, -0.2) is 12.6 Å². The molecule has 0 saturated heterocycles. The van der Waals surface area contributed by atoms with Crippen LogP contribution in [0.2, 0.25) is 0 Å². The van der Waals surface area contributed by atoms with E-state index in [1.807, 2.05) is 42.5 Å². The van der Waals surface area contributed by atoms with Crippen molar-refractivity contribution in [2.45, 2.75) is 19.9 Å². The summed E-state index contributed by atoms with van der Waals surface area (Å²) in [5.74, 6) is 1.77. The highest BCUT2D eigenvalue weighted by Gasteiger charge is 2.03. The summed E-state index contributed by atoms with van der Waals surface area (Å²) < 4.78 is 6.88. The third kappa shape index (κ3) is 4.08. The summed E-state index contributed by atoms with van der Waals surface area (Å²) in [5.41, 5.74) is 1.09. The molecule has 1 N–H and O–H groups in total. The summed E-state index contributed by atoms with van der Waals surface area (Å²) >= 11 is 3.43. The van der Waals surface area contributed by atoms with Gasteiger partial charge in [0.1, 0.15) is 11.5 Å². The molecule has 0 saturated carbocycles. The first-order valence-corrected chi connectivity index (χ1v) is 7.25. The van der Waals surface area contributed by atoms with Crippen molar-refractivity contribution in [1.29, 1.82) is 0 Å². The van der Waals surface area contributed by atoms with Crippen LogP contribution in [0.1, 0.15) is 19.6 Å². The molecule has 0 aliphatic heterocycles. The predicted molar refractivity (Wildman–Crippen MR) is 84.0 cm³/mol. The van der Waals surface area contributed by atoms with E-state index in [0.717, 1.165) is 28.1 Å². The van der Waals surface area contributed by atoms with Gasteiger partial charge in [-0.25, -0.2) is 0 Å². The summed E-state index contributed by atoms with van der Waals surface area (Å²) in [5, 5.41) is 3.33. The Balaban J connectivity index is 2.08. The maximum atomic E-state index is 5.81. The lowest BCUT2D eigenvalue weighted by Crippen LogP contribution is -2.22. The Bertz CT molecular complexity index is 542. The van der Waals surface area contributed by atoms with Gasteiger partial charge in [-0.2, -0.15) is 0 Å². The summed E-state index contributed by atoms with van der Waals surface area (Å²) in [6.07, 6.45) is 4.11. The van der Waals surface area contributed by atoms with Crippen molar-refractivity contribution in [3.63, 3.8) is 0 Å². The molecule has 1 aromatic carbocycles. The van der Waals surface area contributed by atoms with Crippen molar-refractivity contribution in [3.05, 3.63) is 52.7 Å². The van der Waals surface area contributed by atoms with E-state index >= 15 is 0 Å². The van der Waals surface area contributed by atoms with Crippen molar-refractivity contribution >= 4 is 22.0 Å². The van der Waals surface area contributed by atoms with Gasteiger partial charge >= 0.3 is 0 Å². The molecule has 0 aliphatic carbocycles. The highest BCUT2D eigenvalue weighted by Crippen LogP contribution is 2.24. The second kappa shape index (κ2) is 6.73. The average molecular weight is 320 g/mol. The van der Waals surface area contributed by atoms with Crippen molar-refractivity contribution in [3.8, 4) is 11.3 Å². The molecule has 100 valence electrons. The molecule has 0 bridgehead atoms. The topological polar surface area (TPSA) is 25.2 Å². The third-order valence-electron chi connectivity index (χ3n) is 2.83. The number of hydrogen-bond acceptors (Lipinski definition) is 2. The molecule has 1 unspecified atom stereocenters. The fourth-order valence-electron chi connectivity index (χ4n) is 1.84. The van der Waals surface area contributed by atoms with Gasteiger partial charge in [-0.15, -0.1) is 0 Å². The van der Waals surface area contributed by atoms with Crippen LogP contribution < -0.4 is 5.32 Å². The molecule has 0 amide bonds. The van der Waals surface area contributed by atoms with E-state index in [2.05, 4.69) is 41.2 Å². The maximum absolute atomic E-state index is 5.81. The first-order chi connectivity index (χ1) is 9.19. The zero-order valence-corrected chi connectivity index (χ0v) is 12.8. The highest BCUT2D eigenvalue weighted by atomic mass is 79.9. The molecule has 2 rings (SSSR count). The van der Waals surface area contributed by atoms with Gasteiger partial charge in [-0.05, 0) is 43.8 Å². The Morgan fingerprint density at radius 2 is 1.95 bits per heavy atom. The minimum Gasteiger partial charge on any atom is -0.457 e. The first kappa shape index (κ1) is 14.1. The zero-order valence-electron chi connectivity index (χ0n) is 11.2. The van der Waals surface area contributed by atoms with Crippen molar-refractivity contribution < 1.29 is 4.42 Å². The molecule has 1 atom stereocenters. The Hall–Kier alpha value is -1.32. The molecule has 3 heteroatoms. The summed E-state index contributed by atoms with van der Waals surface area (Å²) in [4.78, 5) is 0. The van der Waals surface area contributed by atoms with Gasteiger partial charge in [0.2, 0.25) is 0 Å². The standard InChI is InChI=1S/C16H18BrNO/c1-3-18-12(2)4-9-15-10-11-16(19-15)13-5-7-14(17)8-6-13/h4-12,18H,3H2,1-2H3/b9-4+. The van der Waals surface area contributed by atoms with Gasteiger partial charge in [0.25, 0.3) is 0 Å². The minimum atomic E-state index is 0.353. The molecule has 19 heavy (non-hydrogen) atoms. The van der Waals surface area contributed by atoms with E-state index in [1.54, 1.807) is 0 Å². The number of hydrogen-bond donors (Lipinski definition) is 1. The number of benzene rings is 1.